The Labute approximate surface area is 125 Å². The van der Waals surface area contributed by atoms with Gasteiger partial charge in [0.2, 0.25) is 0 Å². The minimum Gasteiger partial charge on any atom is -0.482 e. The van der Waals surface area contributed by atoms with E-state index in [9.17, 15) is 4.79 Å². The molecule has 0 aromatic heterocycles. The van der Waals surface area contributed by atoms with Crippen LogP contribution in [0.25, 0.3) is 0 Å². The third-order valence-electron chi connectivity index (χ3n) is 2.33. The van der Waals surface area contributed by atoms with Crippen molar-refractivity contribution in [1.29, 1.82) is 0 Å². The highest BCUT2D eigenvalue weighted by molar-refractivity contribution is 9.10. The number of ether oxygens (including phenoxy) is 1. The number of benzene rings is 2. The highest BCUT2D eigenvalue weighted by atomic mass is 79.9. The lowest BCUT2D eigenvalue weighted by Crippen LogP contribution is -2.12. The number of carbonyl (C=O) groups is 1. The van der Waals surface area contributed by atoms with Gasteiger partial charge in [-0.25, -0.2) is 4.79 Å². The van der Waals surface area contributed by atoms with Gasteiger partial charge in [0.05, 0.1) is 6.21 Å². The van der Waals surface area contributed by atoms with Gasteiger partial charge < -0.3 is 9.57 Å². The maximum absolute atomic E-state index is 11.4. The third kappa shape index (κ3) is 4.85. The number of rotatable bonds is 5. The number of para-hydroxylation sites is 1. The van der Waals surface area contributed by atoms with Crippen LogP contribution in [0, 0.1) is 0 Å². The van der Waals surface area contributed by atoms with Crippen LogP contribution in [0.5, 0.6) is 5.75 Å². The maximum Gasteiger partial charge on any atom is 0.372 e. The summed E-state index contributed by atoms with van der Waals surface area (Å²) >= 11 is 3.33. The number of carbonyl (C=O) groups excluding carboxylic acids is 1. The molecule has 0 amide bonds. The molecule has 20 heavy (non-hydrogen) atoms. The molecule has 0 radical (unpaired) electrons. The summed E-state index contributed by atoms with van der Waals surface area (Å²) in [4.78, 5) is 16.1. The SMILES string of the molecule is O=C(COc1ccccc1)ON=Cc1ccc(Br)cc1. The molecule has 0 unspecified atom stereocenters. The normalized spacial score (nSPS) is 10.4. The fourth-order valence-electron chi connectivity index (χ4n) is 1.38. The summed E-state index contributed by atoms with van der Waals surface area (Å²) in [6.45, 7) is -0.179. The summed E-state index contributed by atoms with van der Waals surface area (Å²) in [6.07, 6.45) is 1.47. The first-order valence-electron chi connectivity index (χ1n) is 5.91. The molecular weight excluding hydrogens is 322 g/mol. The maximum atomic E-state index is 11.4. The summed E-state index contributed by atoms with van der Waals surface area (Å²) in [7, 11) is 0. The fraction of sp³-hybridized carbons (Fsp3) is 0.0667. The van der Waals surface area contributed by atoms with Crippen molar-refractivity contribution in [3.63, 3.8) is 0 Å². The van der Waals surface area contributed by atoms with Crippen molar-refractivity contribution < 1.29 is 14.4 Å². The Morgan fingerprint density at radius 3 is 2.50 bits per heavy atom. The molecule has 0 spiro atoms. The Hall–Kier alpha value is -2.14. The number of halogens is 1. The van der Waals surface area contributed by atoms with E-state index in [0.29, 0.717) is 5.75 Å². The molecule has 2 aromatic rings. The first-order valence-corrected chi connectivity index (χ1v) is 6.70. The van der Waals surface area contributed by atoms with Crippen molar-refractivity contribution >= 4 is 28.1 Å². The monoisotopic (exact) mass is 333 g/mol. The predicted molar refractivity (Wildman–Crippen MR) is 79.8 cm³/mol. The molecule has 2 aromatic carbocycles. The molecule has 4 nitrogen and oxygen atoms in total. The van der Waals surface area contributed by atoms with Crippen LogP contribution in [0.4, 0.5) is 0 Å². The molecule has 2 rings (SSSR count). The lowest BCUT2D eigenvalue weighted by molar-refractivity contribution is -0.145. The zero-order valence-corrected chi connectivity index (χ0v) is 12.1. The van der Waals surface area contributed by atoms with Crippen LogP contribution in [0.15, 0.2) is 64.2 Å². The van der Waals surface area contributed by atoms with Gasteiger partial charge in [0.25, 0.3) is 0 Å². The van der Waals surface area contributed by atoms with E-state index in [1.807, 2.05) is 42.5 Å². The first kappa shape index (κ1) is 14.3. The third-order valence-corrected chi connectivity index (χ3v) is 2.85. The van der Waals surface area contributed by atoms with E-state index in [0.717, 1.165) is 10.0 Å². The Morgan fingerprint density at radius 1 is 1.10 bits per heavy atom. The molecule has 0 aliphatic carbocycles. The molecule has 0 saturated heterocycles. The highest BCUT2D eigenvalue weighted by Gasteiger charge is 2.03. The lowest BCUT2D eigenvalue weighted by atomic mass is 10.2. The first-order chi connectivity index (χ1) is 9.74. The Kier molecular flexibility index (Phi) is 5.32. The van der Waals surface area contributed by atoms with Crippen LogP contribution in [-0.2, 0) is 9.63 Å². The second-order valence-corrected chi connectivity index (χ2v) is 4.77. The number of hydrogen-bond donors (Lipinski definition) is 0. The van der Waals surface area contributed by atoms with Gasteiger partial charge >= 0.3 is 5.97 Å². The van der Waals surface area contributed by atoms with Crippen LogP contribution in [0.2, 0.25) is 0 Å². The van der Waals surface area contributed by atoms with Crippen molar-refractivity contribution in [2.75, 3.05) is 6.61 Å². The quantitative estimate of drug-likeness (QED) is 0.478. The van der Waals surface area contributed by atoms with Gasteiger partial charge in [-0.1, -0.05) is 51.4 Å². The molecule has 0 fully saturated rings. The van der Waals surface area contributed by atoms with Crippen molar-refractivity contribution in [2.45, 2.75) is 0 Å². The Balaban J connectivity index is 1.76. The van der Waals surface area contributed by atoms with Crippen LogP contribution in [0.3, 0.4) is 0 Å². The molecular formula is C15H12BrNO3. The van der Waals surface area contributed by atoms with Crippen molar-refractivity contribution in [2.24, 2.45) is 5.16 Å². The molecule has 0 saturated carbocycles. The second kappa shape index (κ2) is 7.45. The van der Waals surface area contributed by atoms with Gasteiger partial charge in [0.1, 0.15) is 5.75 Å². The van der Waals surface area contributed by atoms with Crippen LogP contribution >= 0.6 is 15.9 Å². The largest absolute Gasteiger partial charge is 0.482 e. The molecule has 5 heteroatoms. The highest BCUT2D eigenvalue weighted by Crippen LogP contribution is 2.09. The average Bonchev–Trinajstić information content (AvgIpc) is 2.48. The van der Waals surface area contributed by atoms with Gasteiger partial charge in [-0.2, -0.15) is 0 Å². The summed E-state index contributed by atoms with van der Waals surface area (Å²) in [5.41, 5.74) is 0.838. The minimum absolute atomic E-state index is 0.179. The van der Waals surface area contributed by atoms with Crippen molar-refractivity contribution in [3.05, 3.63) is 64.6 Å². The minimum atomic E-state index is -0.554. The van der Waals surface area contributed by atoms with E-state index >= 15 is 0 Å². The molecule has 0 heterocycles. The molecule has 0 bridgehead atoms. The summed E-state index contributed by atoms with van der Waals surface area (Å²) in [5.74, 6) is 0.0588. The van der Waals surface area contributed by atoms with Crippen LogP contribution < -0.4 is 4.74 Å². The number of nitrogens with zero attached hydrogens (tertiary/aromatic N) is 1. The van der Waals surface area contributed by atoms with E-state index in [1.165, 1.54) is 6.21 Å². The molecule has 0 aliphatic rings. The summed E-state index contributed by atoms with van der Waals surface area (Å²) in [5, 5.41) is 3.61. The predicted octanol–water partition coefficient (Wildman–Crippen LogP) is 3.41. The van der Waals surface area contributed by atoms with E-state index in [-0.39, 0.29) is 6.61 Å². The Morgan fingerprint density at radius 2 is 1.80 bits per heavy atom. The van der Waals surface area contributed by atoms with Gasteiger partial charge in [-0.3, -0.25) is 0 Å². The zero-order valence-electron chi connectivity index (χ0n) is 10.5. The van der Waals surface area contributed by atoms with E-state index < -0.39 is 5.97 Å². The van der Waals surface area contributed by atoms with E-state index in [2.05, 4.69) is 21.1 Å². The Bertz CT molecular complexity index is 582. The summed E-state index contributed by atoms with van der Waals surface area (Å²) < 4.78 is 6.21. The summed E-state index contributed by atoms with van der Waals surface area (Å²) in [6, 6.07) is 16.5. The smallest absolute Gasteiger partial charge is 0.372 e. The lowest BCUT2D eigenvalue weighted by Gasteiger charge is -2.02. The van der Waals surface area contributed by atoms with Crippen molar-refractivity contribution in [1.82, 2.24) is 0 Å². The van der Waals surface area contributed by atoms with Gasteiger partial charge in [0.15, 0.2) is 6.61 Å². The fourth-order valence-corrected chi connectivity index (χ4v) is 1.64. The molecule has 0 N–H and O–H groups in total. The van der Waals surface area contributed by atoms with E-state index in [1.54, 1.807) is 12.1 Å². The van der Waals surface area contributed by atoms with E-state index in [4.69, 9.17) is 9.57 Å². The zero-order chi connectivity index (χ0) is 14.2. The molecule has 0 aliphatic heterocycles. The molecule has 0 atom stereocenters. The second-order valence-electron chi connectivity index (χ2n) is 3.85. The van der Waals surface area contributed by atoms with Gasteiger partial charge in [-0.05, 0) is 29.8 Å². The van der Waals surface area contributed by atoms with Crippen LogP contribution in [-0.4, -0.2) is 18.8 Å². The topological polar surface area (TPSA) is 47.9 Å². The number of oxime groups is 1. The number of hydrogen-bond acceptors (Lipinski definition) is 4. The van der Waals surface area contributed by atoms with Crippen molar-refractivity contribution in [3.8, 4) is 5.75 Å². The average molecular weight is 334 g/mol. The molecule has 102 valence electrons. The standard InChI is InChI=1S/C15H12BrNO3/c16-13-8-6-12(7-9-13)10-17-20-15(18)11-19-14-4-2-1-3-5-14/h1-10H,11H2. The van der Waals surface area contributed by atoms with Crippen LogP contribution in [0.1, 0.15) is 5.56 Å². The van der Waals surface area contributed by atoms with Gasteiger partial charge in [-0.15, -0.1) is 0 Å². The van der Waals surface area contributed by atoms with Gasteiger partial charge in [0, 0.05) is 4.47 Å².